The summed E-state index contributed by atoms with van der Waals surface area (Å²) < 4.78 is 5.14. The minimum atomic E-state index is -1.03. The summed E-state index contributed by atoms with van der Waals surface area (Å²) >= 11 is 1.65. The second-order valence-electron chi connectivity index (χ2n) is 4.28. The smallest absolute Gasteiger partial charge is 0.371 e. The van der Waals surface area contributed by atoms with Gasteiger partial charge in [0.25, 0.3) is 0 Å². The second kappa shape index (κ2) is 5.99. The third-order valence-corrected chi connectivity index (χ3v) is 3.59. The molecule has 2 aromatic heterocycles. The zero-order valence-corrected chi connectivity index (χ0v) is 11.7. The number of nitrogens with zero attached hydrogens (tertiary/aromatic N) is 1. The van der Waals surface area contributed by atoms with Gasteiger partial charge in [-0.15, -0.1) is 11.3 Å². The first kappa shape index (κ1) is 13.8. The molecule has 0 saturated carbocycles. The highest BCUT2D eigenvalue weighted by atomic mass is 32.1. The second-order valence-corrected chi connectivity index (χ2v) is 5.34. The summed E-state index contributed by atoms with van der Waals surface area (Å²) in [6, 6.07) is 1.57. The summed E-state index contributed by atoms with van der Waals surface area (Å²) in [5.74, 6) is -0.397. The normalized spacial score (nSPS) is 10.8. The van der Waals surface area contributed by atoms with E-state index in [-0.39, 0.29) is 5.76 Å². The zero-order valence-electron chi connectivity index (χ0n) is 10.9. The number of hydrogen-bond donors (Lipinski definition) is 2. The Bertz CT molecular complexity index is 574. The Morgan fingerprint density at radius 2 is 2.32 bits per heavy atom. The van der Waals surface area contributed by atoms with Gasteiger partial charge >= 0.3 is 5.97 Å². The molecule has 0 aliphatic carbocycles. The fourth-order valence-corrected chi connectivity index (χ4v) is 2.41. The quantitative estimate of drug-likeness (QED) is 0.795. The lowest BCUT2D eigenvalue weighted by molar-refractivity contribution is 0.0661. The number of aromatic carboxylic acids is 1. The molecule has 0 aliphatic heterocycles. The van der Waals surface area contributed by atoms with E-state index in [1.807, 2.05) is 6.92 Å². The van der Waals surface area contributed by atoms with Gasteiger partial charge in [-0.3, -0.25) is 0 Å². The van der Waals surface area contributed by atoms with Crippen LogP contribution in [0.2, 0.25) is 0 Å². The monoisotopic (exact) mass is 280 g/mol. The van der Waals surface area contributed by atoms with Crippen molar-refractivity contribution in [2.75, 3.05) is 6.54 Å². The lowest BCUT2D eigenvalue weighted by atomic mass is 10.2. The van der Waals surface area contributed by atoms with Crippen LogP contribution >= 0.6 is 11.3 Å². The molecule has 0 aromatic carbocycles. The van der Waals surface area contributed by atoms with Crippen LogP contribution in [0.5, 0.6) is 0 Å². The number of carbonyl (C=O) groups is 1. The van der Waals surface area contributed by atoms with Crippen LogP contribution in [0.25, 0.3) is 0 Å². The Hall–Kier alpha value is -1.66. The molecule has 0 unspecified atom stereocenters. The molecule has 2 N–H and O–H groups in total. The third-order valence-electron chi connectivity index (χ3n) is 2.77. The van der Waals surface area contributed by atoms with Gasteiger partial charge in [0.1, 0.15) is 5.76 Å². The molecular formula is C13H16N2O3S. The maximum absolute atomic E-state index is 10.8. The van der Waals surface area contributed by atoms with Crippen LogP contribution in [-0.2, 0) is 13.0 Å². The topological polar surface area (TPSA) is 75.4 Å². The fraction of sp³-hybridized carbons (Fsp3) is 0.385. The summed E-state index contributed by atoms with van der Waals surface area (Å²) in [5.41, 5.74) is 1.97. The number of rotatable bonds is 6. The molecule has 2 heterocycles. The van der Waals surface area contributed by atoms with Crippen molar-refractivity contribution in [3.05, 3.63) is 39.2 Å². The van der Waals surface area contributed by atoms with E-state index in [9.17, 15) is 4.79 Å². The molecule has 2 aromatic rings. The number of aryl methyl sites for hydroxylation is 2. The summed E-state index contributed by atoms with van der Waals surface area (Å²) in [5, 5.41) is 15.2. The van der Waals surface area contributed by atoms with Gasteiger partial charge in [0.15, 0.2) is 0 Å². The Morgan fingerprint density at radius 1 is 1.53 bits per heavy atom. The standard InChI is InChI=1S/C13H16N2O3S/c1-8-10(5-12(18-8)13(16)17)6-14-4-3-11-7-19-9(2)15-11/h5,7,14H,3-4,6H2,1-2H3,(H,16,17). The van der Waals surface area contributed by atoms with E-state index in [0.29, 0.717) is 12.3 Å². The predicted octanol–water partition coefficient (Wildman–Crippen LogP) is 2.38. The van der Waals surface area contributed by atoms with Gasteiger partial charge in [-0.2, -0.15) is 0 Å². The molecule has 0 aliphatic rings. The Kier molecular flexibility index (Phi) is 4.34. The van der Waals surface area contributed by atoms with Gasteiger partial charge in [-0.25, -0.2) is 9.78 Å². The van der Waals surface area contributed by atoms with Crippen LogP contribution in [0.4, 0.5) is 0 Å². The number of carboxylic acids is 1. The van der Waals surface area contributed by atoms with Crippen molar-refractivity contribution in [3.8, 4) is 0 Å². The molecule has 0 radical (unpaired) electrons. The number of carboxylic acid groups (broad SMARTS) is 1. The van der Waals surface area contributed by atoms with Crippen molar-refractivity contribution in [1.82, 2.24) is 10.3 Å². The molecular weight excluding hydrogens is 264 g/mol. The van der Waals surface area contributed by atoms with Crippen molar-refractivity contribution >= 4 is 17.3 Å². The molecule has 0 saturated heterocycles. The maximum atomic E-state index is 10.8. The lowest BCUT2D eigenvalue weighted by Gasteiger charge is -2.01. The molecule has 0 spiro atoms. The van der Waals surface area contributed by atoms with Gasteiger partial charge in [0.2, 0.25) is 5.76 Å². The number of aromatic nitrogens is 1. The summed E-state index contributed by atoms with van der Waals surface area (Å²) in [7, 11) is 0. The van der Waals surface area contributed by atoms with Crippen molar-refractivity contribution < 1.29 is 14.3 Å². The first-order valence-corrected chi connectivity index (χ1v) is 6.88. The molecule has 6 heteroatoms. The highest BCUT2D eigenvalue weighted by molar-refractivity contribution is 7.09. The van der Waals surface area contributed by atoms with Gasteiger partial charge in [0, 0.05) is 30.5 Å². The summed E-state index contributed by atoms with van der Waals surface area (Å²) in [6.45, 7) is 5.17. The van der Waals surface area contributed by atoms with Gasteiger partial charge in [0.05, 0.1) is 10.7 Å². The van der Waals surface area contributed by atoms with Crippen LogP contribution in [0.15, 0.2) is 15.9 Å². The Morgan fingerprint density at radius 3 is 2.89 bits per heavy atom. The van der Waals surface area contributed by atoms with Gasteiger partial charge in [-0.05, 0) is 19.9 Å². The first-order valence-electron chi connectivity index (χ1n) is 6.00. The largest absolute Gasteiger partial charge is 0.475 e. The van der Waals surface area contributed by atoms with E-state index in [0.717, 1.165) is 29.2 Å². The maximum Gasteiger partial charge on any atom is 0.371 e. The molecule has 102 valence electrons. The number of nitrogens with one attached hydrogen (secondary N) is 1. The van der Waals surface area contributed by atoms with E-state index < -0.39 is 5.97 Å². The van der Waals surface area contributed by atoms with Crippen molar-refractivity contribution in [2.24, 2.45) is 0 Å². The zero-order chi connectivity index (χ0) is 13.8. The summed E-state index contributed by atoms with van der Waals surface area (Å²) in [6.07, 6.45) is 0.868. The molecule has 2 rings (SSSR count). The lowest BCUT2D eigenvalue weighted by Crippen LogP contribution is -2.16. The molecule has 0 atom stereocenters. The summed E-state index contributed by atoms with van der Waals surface area (Å²) in [4.78, 5) is 15.1. The molecule has 0 bridgehead atoms. The first-order chi connectivity index (χ1) is 9.06. The van der Waals surface area contributed by atoms with Crippen molar-refractivity contribution in [1.29, 1.82) is 0 Å². The predicted molar refractivity (Wildman–Crippen MR) is 72.7 cm³/mol. The van der Waals surface area contributed by atoms with Crippen molar-refractivity contribution in [2.45, 2.75) is 26.8 Å². The van der Waals surface area contributed by atoms with Crippen molar-refractivity contribution in [3.63, 3.8) is 0 Å². The van der Waals surface area contributed by atoms with E-state index in [4.69, 9.17) is 9.52 Å². The Balaban J connectivity index is 1.81. The van der Waals surface area contributed by atoms with Gasteiger partial charge in [-0.1, -0.05) is 0 Å². The van der Waals surface area contributed by atoms with Gasteiger partial charge < -0.3 is 14.8 Å². The fourth-order valence-electron chi connectivity index (χ4n) is 1.76. The highest BCUT2D eigenvalue weighted by Crippen LogP contribution is 2.14. The van der Waals surface area contributed by atoms with Crippen LogP contribution < -0.4 is 5.32 Å². The minimum Gasteiger partial charge on any atom is -0.475 e. The van der Waals surface area contributed by atoms with Crippen LogP contribution in [-0.4, -0.2) is 22.6 Å². The number of thiazole rings is 1. The molecule has 19 heavy (non-hydrogen) atoms. The molecule has 0 amide bonds. The average Bonchev–Trinajstić information content (AvgIpc) is 2.92. The van der Waals surface area contributed by atoms with E-state index >= 15 is 0 Å². The van der Waals surface area contributed by atoms with E-state index in [1.54, 1.807) is 24.3 Å². The van der Waals surface area contributed by atoms with Crippen LogP contribution in [0.3, 0.4) is 0 Å². The Labute approximate surface area is 115 Å². The highest BCUT2D eigenvalue weighted by Gasteiger charge is 2.12. The number of hydrogen-bond acceptors (Lipinski definition) is 5. The van der Waals surface area contributed by atoms with E-state index in [1.165, 1.54) is 0 Å². The average molecular weight is 280 g/mol. The minimum absolute atomic E-state index is 0.00979. The van der Waals surface area contributed by atoms with Crippen LogP contribution in [0.1, 0.15) is 32.6 Å². The van der Waals surface area contributed by atoms with Crippen LogP contribution in [0, 0.1) is 13.8 Å². The molecule has 5 nitrogen and oxygen atoms in total. The molecule has 0 fully saturated rings. The SMILES string of the molecule is Cc1nc(CCNCc2cc(C(=O)O)oc2C)cs1. The third kappa shape index (κ3) is 3.65. The number of furan rings is 1. The van der Waals surface area contributed by atoms with E-state index in [2.05, 4.69) is 15.7 Å².